The molecule has 0 aliphatic carbocycles. The van der Waals surface area contributed by atoms with Crippen LogP contribution in [0.15, 0.2) is 47.4 Å². The standard InChI is InChI=1S/C15H15F2NOS/c16-12-7-6-11(10-13(12)17)20-9-3-8-19-15-5-2-1-4-14(15)18/h1-2,4-7,10H,3,8-9,18H2. The minimum atomic E-state index is -0.822. The molecule has 2 N–H and O–H groups in total. The van der Waals surface area contributed by atoms with Crippen LogP contribution in [-0.4, -0.2) is 12.4 Å². The lowest BCUT2D eigenvalue weighted by molar-refractivity contribution is 0.320. The van der Waals surface area contributed by atoms with Crippen LogP contribution in [0.2, 0.25) is 0 Å². The first-order chi connectivity index (χ1) is 9.66. The second-order valence-electron chi connectivity index (χ2n) is 4.16. The van der Waals surface area contributed by atoms with E-state index in [2.05, 4.69) is 0 Å². The summed E-state index contributed by atoms with van der Waals surface area (Å²) < 4.78 is 31.3. The van der Waals surface area contributed by atoms with Crippen LogP contribution in [0.4, 0.5) is 14.5 Å². The zero-order valence-corrected chi connectivity index (χ0v) is 11.6. The molecule has 0 heterocycles. The third-order valence-electron chi connectivity index (χ3n) is 2.63. The Kier molecular flexibility index (Phi) is 5.24. The van der Waals surface area contributed by atoms with E-state index in [-0.39, 0.29) is 0 Å². The molecule has 0 bridgehead atoms. The highest BCUT2D eigenvalue weighted by molar-refractivity contribution is 7.99. The van der Waals surface area contributed by atoms with Gasteiger partial charge in [-0.2, -0.15) is 0 Å². The third-order valence-corrected chi connectivity index (χ3v) is 3.71. The summed E-state index contributed by atoms with van der Waals surface area (Å²) in [6.07, 6.45) is 0.790. The number of anilines is 1. The van der Waals surface area contributed by atoms with Gasteiger partial charge in [0.15, 0.2) is 11.6 Å². The van der Waals surface area contributed by atoms with E-state index < -0.39 is 11.6 Å². The lowest BCUT2D eigenvalue weighted by atomic mass is 10.3. The van der Waals surface area contributed by atoms with Crippen LogP contribution in [0, 0.1) is 11.6 Å². The monoisotopic (exact) mass is 295 g/mol. The highest BCUT2D eigenvalue weighted by Gasteiger charge is 2.03. The maximum Gasteiger partial charge on any atom is 0.159 e. The number of rotatable bonds is 6. The minimum Gasteiger partial charge on any atom is -0.491 e. The molecule has 0 aliphatic heterocycles. The number of benzene rings is 2. The highest BCUT2D eigenvalue weighted by Crippen LogP contribution is 2.22. The van der Waals surface area contributed by atoms with E-state index in [9.17, 15) is 8.78 Å². The molecule has 0 aliphatic rings. The Morgan fingerprint density at radius 3 is 2.60 bits per heavy atom. The molecule has 106 valence electrons. The first-order valence-corrected chi connectivity index (χ1v) is 7.20. The van der Waals surface area contributed by atoms with Crippen molar-refractivity contribution in [3.8, 4) is 5.75 Å². The van der Waals surface area contributed by atoms with Gasteiger partial charge in [-0.25, -0.2) is 8.78 Å². The van der Waals surface area contributed by atoms with Gasteiger partial charge < -0.3 is 10.5 Å². The summed E-state index contributed by atoms with van der Waals surface area (Å²) in [5.74, 6) is -0.205. The molecular formula is C15H15F2NOS. The minimum absolute atomic E-state index is 0.533. The molecule has 0 unspecified atom stereocenters. The fourth-order valence-electron chi connectivity index (χ4n) is 1.61. The molecular weight excluding hydrogens is 280 g/mol. The van der Waals surface area contributed by atoms with E-state index in [1.807, 2.05) is 18.2 Å². The van der Waals surface area contributed by atoms with Gasteiger partial charge in [-0.1, -0.05) is 12.1 Å². The van der Waals surface area contributed by atoms with Crippen molar-refractivity contribution in [2.45, 2.75) is 11.3 Å². The average molecular weight is 295 g/mol. The molecule has 2 aromatic rings. The fourth-order valence-corrected chi connectivity index (χ4v) is 2.46. The van der Waals surface area contributed by atoms with Crippen molar-refractivity contribution in [1.82, 2.24) is 0 Å². The SMILES string of the molecule is Nc1ccccc1OCCCSc1ccc(F)c(F)c1. The van der Waals surface area contributed by atoms with Crippen molar-refractivity contribution < 1.29 is 13.5 Å². The molecule has 2 rings (SSSR count). The summed E-state index contributed by atoms with van der Waals surface area (Å²) in [6.45, 7) is 0.533. The normalized spacial score (nSPS) is 10.5. The van der Waals surface area contributed by atoms with Gasteiger partial charge in [0.25, 0.3) is 0 Å². The average Bonchev–Trinajstić information content (AvgIpc) is 2.44. The lowest BCUT2D eigenvalue weighted by Crippen LogP contribution is -2.01. The van der Waals surface area contributed by atoms with E-state index in [1.54, 1.807) is 12.1 Å². The van der Waals surface area contributed by atoms with E-state index in [4.69, 9.17) is 10.5 Å². The van der Waals surface area contributed by atoms with E-state index >= 15 is 0 Å². The Balaban J connectivity index is 1.71. The Bertz CT molecular complexity index is 578. The molecule has 0 saturated carbocycles. The summed E-state index contributed by atoms with van der Waals surface area (Å²) in [7, 11) is 0. The molecule has 0 amide bonds. The van der Waals surface area contributed by atoms with Crippen molar-refractivity contribution in [2.75, 3.05) is 18.1 Å². The summed E-state index contributed by atoms with van der Waals surface area (Å²) >= 11 is 1.46. The third kappa shape index (κ3) is 4.13. The van der Waals surface area contributed by atoms with Crippen molar-refractivity contribution in [2.24, 2.45) is 0 Å². The van der Waals surface area contributed by atoms with Crippen LogP contribution in [0.3, 0.4) is 0 Å². The van der Waals surface area contributed by atoms with Gasteiger partial charge in [-0.15, -0.1) is 11.8 Å². The van der Waals surface area contributed by atoms with Gasteiger partial charge in [0.2, 0.25) is 0 Å². The quantitative estimate of drug-likeness (QED) is 0.495. The Morgan fingerprint density at radius 1 is 1.05 bits per heavy atom. The topological polar surface area (TPSA) is 35.2 Å². The smallest absolute Gasteiger partial charge is 0.159 e. The van der Waals surface area contributed by atoms with Crippen LogP contribution in [0.1, 0.15) is 6.42 Å². The van der Waals surface area contributed by atoms with E-state index in [1.165, 1.54) is 17.8 Å². The second-order valence-corrected chi connectivity index (χ2v) is 5.33. The van der Waals surface area contributed by atoms with E-state index in [0.29, 0.717) is 22.9 Å². The molecule has 2 nitrogen and oxygen atoms in total. The number of para-hydroxylation sites is 2. The van der Waals surface area contributed by atoms with Crippen molar-refractivity contribution in [1.29, 1.82) is 0 Å². The number of thioether (sulfide) groups is 1. The highest BCUT2D eigenvalue weighted by atomic mass is 32.2. The van der Waals surface area contributed by atoms with Gasteiger partial charge in [-0.3, -0.25) is 0 Å². The molecule has 0 spiro atoms. The number of nitrogen functional groups attached to an aromatic ring is 1. The van der Waals surface area contributed by atoms with E-state index in [0.717, 1.165) is 18.2 Å². The largest absolute Gasteiger partial charge is 0.491 e. The maximum atomic E-state index is 13.0. The maximum absolute atomic E-state index is 13.0. The van der Waals surface area contributed by atoms with Crippen molar-refractivity contribution >= 4 is 17.4 Å². The van der Waals surface area contributed by atoms with Crippen LogP contribution < -0.4 is 10.5 Å². The molecule has 2 aromatic carbocycles. The second kappa shape index (κ2) is 7.14. The summed E-state index contributed by atoms with van der Waals surface area (Å²) in [5, 5.41) is 0. The van der Waals surface area contributed by atoms with Gasteiger partial charge in [0.1, 0.15) is 5.75 Å². The molecule has 0 radical (unpaired) electrons. The van der Waals surface area contributed by atoms with Crippen molar-refractivity contribution in [3.63, 3.8) is 0 Å². The Hall–Kier alpha value is -1.75. The van der Waals surface area contributed by atoms with Crippen LogP contribution in [0.5, 0.6) is 5.75 Å². The van der Waals surface area contributed by atoms with Gasteiger partial charge in [-0.05, 0) is 36.8 Å². The van der Waals surface area contributed by atoms with Crippen LogP contribution in [0.25, 0.3) is 0 Å². The fraction of sp³-hybridized carbons (Fsp3) is 0.200. The zero-order valence-electron chi connectivity index (χ0n) is 10.8. The number of hydrogen-bond donors (Lipinski definition) is 1. The van der Waals surface area contributed by atoms with Gasteiger partial charge in [0, 0.05) is 10.6 Å². The Morgan fingerprint density at radius 2 is 1.85 bits per heavy atom. The molecule has 0 aromatic heterocycles. The Labute approximate surface area is 120 Å². The summed E-state index contributed by atoms with van der Waals surface area (Å²) in [4.78, 5) is 0.711. The molecule has 0 atom stereocenters. The predicted octanol–water partition coefficient (Wildman–Crippen LogP) is 4.11. The number of ether oxygens (including phenoxy) is 1. The van der Waals surface area contributed by atoms with Gasteiger partial charge >= 0.3 is 0 Å². The van der Waals surface area contributed by atoms with Crippen LogP contribution >= 0.6 is 11.8 Å². The predicted molar refractivity (Wildman–Crippen MR) is 78.0 cm³/mol. The first-order valence-electron chi connectivity index (χ1n) is 6.22. The number of nitrogens with two attached hydrogens (primary N) is 1. The lowest BCUT2D eigenvalue weighted by Gasteiger charge is -2.08. The number of halogens is 2. The summed E-state index contributed by atoms with van der Waals surface area (Å²) in [6, 6.07) is 11.2. The zero-order chi connectivity index (χ0) is 14.4. The van der Waals surface area contributed by atoms with Crippen molar-refractivity contribution in [3.05, 3.63) is 54.1 Å². The molecule has 0 fully saturated rings. The van der Waals surface area contributed by atoms with Crippen LogP contribution in [-0.2, 0) is 0 Å². The summed E-state index contributed by atoms with van der Waals surface area (Å²) in [5.41, 5.74) is 6.36. The first kappa shape index (κ1) is 14.7. The molecule has 5 heteroatoms. The van der Waals surface area contributed by atoms with Gasteiger partial charge in [0.05, 0.1) is 12.3 Å². The molecule has 0 saturated heterocycles. The molecule has 20 heavy (non-hydrogen) atoms. The number of hydrogen-bond acceptors (Lipinski definition) is 3.